The van der Waals surface area contributed by atoms with Gasteiger partial charge in [-0.2, -0.15) is 0 Å². The van der Waals surface area contributed by atoms with Gasteiger partial charge in [0, 0.05) is 19.3 Å². The summed E-state index contributed by atoms with van der Waals surface area (Å²) in [5.41, 5.74) is 0. The normalized spacial score (nSPS) is 13.4. The number of rotatable bonds is 43. The molecular formula is C52H102N2O6. The third-order valence-corrected chi connectivity index (χ3v) is 12.6. The quantitative estimate of drug-likeness (QED) is 0.0368. The molecule has 2 unspecified atom stereocenters. The van der Waals surface area contributed by atoms with Crippen LogP contribution in [0, 0.1) is 35.5 Å². The van der Waals surface area contributed by atoms with Gasteiger partial charge >= 0.3 is 17.9 Å². The molecule has 356 valence electrons. The zero-order valence-electron chi connectivity index (χ0n) is 41.6. The third kappa shape index (κ3) is 38.0. The number of carbonyl (C=O) groups excluding carboxylic acids is 3. The number of unbranched alkanes of at least 4 members (excludes halogenated alkanes) is 12. The molecule has 2 atom stereocenters. The topological polar surface area (TPSA) is 94.2 Å². The number of nitrogens with one attached hydrogen (secondary N) is 1. The smallest absolute Gasteiger partial charge is 0.306 e. The predicted molar refractivity (Wildman–Crippen MR) is 254 cm³/mol. The van der Waals surface area contributed by atoms with Crippen molar-refractivity contribution < 1.29 is 28.6 Å². The van der Waals surface area contributed by atoms with E-state index < -0.39 is 0 Å². The maximum absolute atomic E-state index is 12.9. The lowest BCUT2D eigenvalue weighted by Crippen LogP contribution is -2.23. The van der Waals surface area contributed by atoms with Crippen LogP contribution in [0.1, 0.15) is 229 Å². The number of hydrogen-bond acceptors (Lipinski definition) is 8. The van der Waals surface area contributed by atoms with Gasteiger partial charge in [-0.15, -0.1) is 0 Å². The van der Waals surface area contributed by atoms with Crippen LogP contribution in [-0.4, -0.2) is 75.9 Å². The van der Waals surface area contributed by atoms with Gasteiger partial charge in [0.1, 0.15) is 6.10 Å². The molecule has 0 spiro atoms. The summed E-state index contributed by atoms with van der Waals surface area (Å²) in [5, 5.41) is 3.21. The van der Waals surface area contributed by atoms with Crippen LogP contribution in [0.5, 0.6) is 0 Å². The van der Waals surface area contributed by atoms with E-state index in [0.717, 1.165) is 129 Å². The molecule has 0 amide bonds. The summed E-state index contributed by atoms with van der Waals surface area (Å²) in [7, 11) is 4.16. The molecule has 0 bridgehead atoms. The third-order valence-electron chi connectivity index (χ3n) is 12.6. The average molecular weight is 851 g/mol. The molecule has 0 saturated carbocycles. The summed E-state index contributed by atoms with van der Waals surface area (Å²) >= 11 is 0. The summed E-state index contributed by atoms with van der Waals surface area (Å²) in [4.78, 5) is 40.0. The van der Waals surface area contributed by atoms with Crippen molar-refractivity contribution in [2.24, 2.45) is 35.5 Å². The van der Waals surface area contributed by atoms with E-state index >= 15 is 0 Å². The molecular weight excluding hydrogens is 749 g/mol. The van der Waals surface area contributed by atoms with Gasteiger partial charge in [-0.25, -0.2) is 0 Å². The molecule has 0 aliphatic heterocycles. The first-order valence-corrected chi connectivity index (χ1v) is 25.6. The Bertz CT molecular complexity index is 943. The van der Waals surface area contributed by atoms with Crippen LogP contribution in [0.2, 0.25) is 0 Å². The summed E-state index contributed by atoms with van der Waals surface area (Å²) in [6, 6.07) is 0. The van der Waals surface area contributed by atoms with Crippen molar-refractivity contribution in [2.45, 2.75) is 235 Å². The van der Waals surface area contributed by atoms with E-state index in [-0.39, 0.29) is 24.0 Å². The predicted octanol–water partition coefficient (Wildman–Crippen LogP) is 13.5. The highest BCUT2D eigenvalue weighted by atomic mass is 16.5. The molecule has 0 fully saturated rings. The van der Waals surface area contributed by atoms with Crippen molar-refractivity contribution in [3.05, 3.63) is 0 Å². The standard InChI is InChI=1S/C52H102N2O6/c1-43(2)30-32-47(45(5)6)34-36-50(55)58-41-24-17-13-11-15-20-27-49(60-52(57)29-26-40-54(10)39-23-19-22-38-53-9)28-21-16-12-14-18-25-42-59-51(56)37-35-48(46(7)8)33-31-44(3)4/h43-49,53H,11-42H2,1-10H3. The van der Waals surface area contributed by atoms with Crippen LogP contribution in [-0.2, 0) is 28.6 Å². The molecule has 0 rings (SSSR count). The van der Waals surface area contributed by atoms with Gasteiger partial charge in [0.15, 0.2) is 0 Å². The zero-order valence-corrected chi connectivity index (χ0v) is 41.6. The molecule has 0 aromatic rings. The van der Waals surface area contributed by atoms with E-state index in [9.17, 15) is 14.4 Å². The second-order valence-electron chi connectivity index (χ2n) is 20.0. The van der Waals surface area contributed by atoms with E-state index in [1.54, 1.807) is 0 Å². The van der Waals surface area contributed by atoms with E-state index in [1.165, 1.54) is 44.9 Å². The van der Waals surface area contributed by atoms with Gasteiger partial charge in [0.05, 0.1) is 13.2 Å². The first kappa shape index (κ1) is 58.3. The minimum Gasteiger partial charge on any atom is -0.466 e. The summed E-state index contributed by atoms with van der Waals surface area (Å²) in [6.45, 7) is 22.3. The molecule has 1 N–H and O–H groups in total. The fraction of sp³-hybridized carbons (Fsp3) is 0.942. The van der Waals surface area contributed by atoms with Crippen LogP contribution in [0.25, 0.3) is 0 Å². The molecule has 0 heterocycles. The van der Waals surface area contributed by atoms with Gasteiger partial charge in [0.25, 0.3) is 0 Å². The van der Waals surface area contributed by atoms with Gasteiger partial charge in [0.2, 0.25) is 0 Å². The van der Waals surface area contributed by atoms with Crippen molar-refractivity contribution >= 4 is 17.9 Å². The summed E-state index contributed by atoms with van der Waals surface area (Å²) < 4.78 is 17.3. The number of hydrogen-bond donors (Lipinski definition) is 1. The average Bonchev–Trinajstić information content (AvgIpc) is 3.18. The Labute approximate surface area is 372 Å². The molecule has 0 aromatic heterocycles. The van der Waals surface area contributed by atoms with Crippen molar-refractivity contribution in [1.82, 2.24) is 10.2 Å². The molecule has 8 nitrogen and oxygen atoms in total. The van der Waals surface area contributed by atoms with Crippen molar-refractivity contribution in [3.8, 4) is 0 Å². The molecule has 0 aliphatic carbocycles. The minimum atomic E-state index is -0.0444. The van der Waals surface area contributed by atoms with Crippen LogP contribution < -0.4 is 5.32 Å². The number of ether oxygens (including phenoxy) is 3. The van der Waals surface area contributed by atoms with Crippen molar-refractivity contribution in [1.29, 1.82) is 0 Å². The lowest BCUT2D eigenvalue weighted by Gasteiger charge is -2.21. The Morgan fingerprint density at radius 3 is 1.30 bits per heavy atom. The fourth-order valence-corrected chi connectivity index (χ4v) is 8.17. The van der Waals surface area contributed by atoms with Crippen molar-refractivity contribution in [3.63, 3.8) is 0 Å². The molecule has 0 aromatic carbocycles. The molecule has 60 heavy (non-hydrogen) atoms. The van der Waals surface area contributed by atoms with Crippen LogP contribution in [0.15, 0.2) is 0 Å². The van der Waals surface area contributed by atoms with Gasteiger partial charge < -0.3 is 24.4 Å². The van der Waals surface area contributed by atoms with Crippen molar-refractivity contribution in [2.75, 3.05) is 46.9 Å². The van der Waals surface area contributed by atoms with Crippen LogP contribution in [0.4, 0.5) is 0 Å². The Morgan fingerprint density at radius 1 is 0.450 bits per heavy atom. The SMILES string of the molecule is CNCCCCCN(C)CCCC(=O)OC(CCCCCCCCOC(=O)CCC(CCC(C)C)C(C)C)CCCCCCCCOC(=O)CCC(CCC(C)C)C(C)C. The Kier molecular flexibility index (Phi) is 39.0. The molecule has 0 radical (unpaired) electrons. The molecule has 8 heteroatoms. The summed E-state index contributed by atoms with van der Waals surface area (Å²) in [6.07, 6.45) is 27.7. The first-order valence-electron chi connectivity index (χ1n) is 25.6. The molecule has 0 saturated heterocycles. The van der Waals surface area contributed by atoms with Crippen LogP contribution in [0.3, 0.4) is 0 Å². The molecule has 0 aliphatic rings. The highest BCUT2D eigenvalue weighted by Gasteiger charge is 2.18. The second-order valence-corrected chi connectivity index (χ2v) is 20.0. The van der Waals surface area contributed by atoms with E-state index in [2.05, 4.69) is 72.7 Å². The highest BCUT2D eigenvalue weighted by Crippen LogP contribution is 2.26. The lowest BCUT2D eigenvalue weighted by molar-refractivity contribution is -0.150. The maximum atomic E-state index is 12.9. The minimum absolute atomic E-state index is 0.00237. The van der Waals surface area contributed by atoms with Gasteiger partial charge in [-0.3, -0.25) is 14.4 Å². The number of carbonyl (C=O) groups is 3. The number of esters is 3. The number of nitrogens with zero attached hydrogens (tertiary/aromatic N) is 1. The fourth-order valence-electron chi connectivity index (χ4n) is 8.17. The van der Waals surface area contributed by atoms with E-state index in [1.807, 2.05) is 7.05 Å². The van der Waals surface area contributed by atoms with E-state index in [4.69, 9.17) is 14.2 Å². The Balaban J connectivity index is 4.46. The zero-order chi connectivity index (χ0) is 44.8. The lowest BCUT2D eigenvalue weighted by atomic mass is 9.85. The van der Waals surface area contributed by atoms with Gasteiger partial charge in [-0.1, -0.05) is 126 Å². The Morgan fingerprint density at radius 2 is 0.867 bits per heavy atom. The highest BCUT2D eigenvalue weighted by molar-refractivity contribution is 5.70. The summed E-state index contributed by atoms with van der Waals surface area (Å²) in [5.74, 6) is 3.70. The van der Waals surface area contributed by atoms with Gasteiger partial charge in [-0.05, 0) is 153 Å². The van der Waals surface area contributed by atoms with E-state index in [0.29, 0.717) is 68.0 Å². The first-order chi connectivity index (χ1) is 28.7. The second kappa shape index (κ2) is 40.1. The Hall–Kier alpha value is -1.67. The largest absolute Gasteiger partial charge is 0.466 e. The van der Waals surface area contributed by atoms with Crippen LogP contribution >= 0.6 is 0 Å². The monoisotopic (exact) mass is 851 g/mol. The maximum Gasteiger partial charge on any atom is 0.306 e.